The summed E-state index contributed by atoms with van der Waals surface area (Å²) in [6.07, 6.45) is 5.66. The van der Waals surface area contributed by atoms with Crippen LogP contribution in [0.3, 0.4) is 0 Å². The molecule has 1 aliphatic rings. The fraction of sp³-hybridized carbons (Fsp3) is 0.333. The lowest BCUT2D eigenvalue weighted by Crippen LogP contribution is -2.36. The van der Waals surface area contributed by atoms with Crippen molar-refractivity contribution in [1.29, 1.82) is 0 Å². The number of rotatable bonds is 6. The van der Waals surface area contributed by atoms with E-state index >= 15 is 0 Å². The number of amides is 2. The summed E-state index contributed by atoms with van der Waals surface area (Å²) in [5.74, 6) is -0.300. The SMILES string of the molecule is O=C(CNc1cccc(C(=O)NC2CCCCC2)c1)Nc1ccc(Cl)c(Cl)c1. The molecule has 0 unspecified atom stereocenters. The second kappa shape index (κ2) is 9.80. The second-order valence-electron chi connectivity index (χ2n) is 6.92. The van der Waals surface area contributed by atoms with Crippen LogP contribution in [0.5, 0.6) is 0 Å². The van der Waals surface area contributed by atoms with Crippen LogP contribution in [0.15, 0.2) is 42.5 Å². The molecule has 3 N–H and O–H groups in total. The molecule has 3 rings (SSSR count). The number of nitrogens with one attached hydrogen (secondary N) is 3. The molecule has 2 amide bonds. The quantitative estimate of drug-likeness (QED) is 0.609. The molecule has 0 radical (unpaired) electrons. The van der Waals surface area contributed by atoms with Crippen LogP contribution in [0.1, 0.15) is 42.5 Å². The molecule has 0 spiro atoms. The van der Waals surface area contributed by atoms with Crippen molar-refractivity contribution < 1.29 is 9.59 Å². The number of halogens is 2. The van der Waals surface area contributed by atoms with Gasteiger partial charge in [0.25, 0.3) is 5.91 Å². The Balaban J connectivity index is 1.52. The maximum atomic E-state index is 12.5. The molecule has 1 fully saturated rings. The van der Waals surface area contributed by atoms with Crippen molar-refractivity contribution in [3.63, 3.8) is 0 Å². The highest BCUT2D eigenvalue weighted by Crippen LogP contribution is 2.25. The van der Waals surface area contributed by atoms with Crippen LogP contribution >= 0.6 is 23.2 Å². The Morgan fingerprint density at radius 2 is 1.71 bits per heavy atom. The highest BCUT2D eigenvalue weighted by molar-refractivity contribution is 6.42. The molecule has 5 nitrogen and oxygen atoms in total. The first-order valence-corrected chi connectivity index (χ1v) is 10.2. The van der Waals surface area contributed by atoms with Gasteiger partial charge < -0.3 is 16.0 Å². The van der Waals surface area contributed by atoms with E-state index < -0.39 is 0 Å². The number of benzene rings is 2. The first-order valence-electron chi connectivity index (χ1n) is 9.41. The summed E-state index contributed by atoms with van der Waals surface area (Å²) < 4.78 is 0. The van der Waals surface area contributed by atoms with E-state index in [1.165, 1.54) is 19.3 Å². The van der Waals surface area contributed by atoms with Gasteiger partial charge >= 0.3 is 0 Å². The Morgan fingerprint density at radius 1 is 0.929 bits per heavy atom. The molecule has 0 aromatic heterocycles. The zero-order chi connectivity index (χ0) is 19.9. The number of anilines is 2. The van der Waals surface area contributed by atoms with Crippen molar-refractivity contribution in [3.05, 3.63) is 58.1 Å². The van der Waals surface area contributed by atoms with Gasteiger partial charge in [-0.25, -0.2) is 0 Å². The van der Waals surface area contributed by atoms with E-state index in [2.05, 4.69) is 16.0 Å². The van der Waals surface area contributed by atoms with Crippen LogP contribution in [-0.2, 0) is 4.79 Å². The van der Waals surface area contributed by atoms with Gasteiger partial charge in [0, 0.05) is 23.0 Å². The van der Waals surface area contributed by atoms with Gasteiger partial charge in [-0.3, -0.25) is 9.59 Å². The van der Waals surface area contributed by atoms with Gasteiger partial charge in [0.2, 0.25) is 5.91 Å². The Bertz CT molecular complexity index is 851. The molecule has 28 heavy (non-hydrogen) atoms. The molecule has 0 heterocycles. The fourth-order valence-electron chi connectivity index (χ4n) is 3.25. The maximum Gasteiger partial charge on any atom is 0.251 e. The van der Waals surface area contributed by atoms with Gasteiger partial charge in [-0.15, -0.1) is 0 Å². The lowest BCUT2D eigenvalue weighted by Gasteiger charge is -2.22. The number of hydrogen-bond donors (Lipinski definition) is 3. The van der Waals surface area contributed by atoms with Crippen LogP contribution in [0.4, 0.5) is 11.4 Å². The molecule has 148 valence electrons. The van der Waals surface area contributed by atoms with Crippen LogP contribution in [0.25, 0.3) is 0 Å². The van der Waals surface area contributed by atoms with Crippen LogP contribution < -0.4 is 16.0 Å². The average molecular weight is 420 g/mol. The van der Waals surface area contributed by atoms with Crippen molar-refractivity contribution >= 4 is 46.4 Å². The summed E-state index contributed by atoms with van der Waals surface area (Å²) in [6.45, 7) is 0.0634. The van der Waals surface area contributed by atoms with Gasteiger partial charge in [-0.2, -0.15) is 0 Å². The molecule has 0 atom stereocenters. The summed E-state index contributed by atoms with van der Waals surface area (Å²) in [5.41, 5.74) is 1.86. The number of carbonyl (C=O) groups excluding carboxylic acids is 2. The second-order valence-corrected chi connectivity index (χ2v) is 7.73. The fourth-order valence-corrected chi connectivity index (χ4v) is 3.55. The highest BCUT2D eigenvalue weighted by Gasteiger charge is 2.16. The van der Waals surface area contributed by atoms with Gasteiger partial charge in [-0.1, -0.05) is 48.5 Å². The van der Waals surface area contributed by atoms with Gasteiger partial charge in [-0.05, 0) is 49.2 Å². The minimum Gasteiger partial charge on any atom is -0.376 e. The van der Waals surface area contributed by atoms with Crippen molar-refractivity contribution in [3.8, 4) is 0 Å². The molecule has 1 aliphatic carbocycles. The zero-order valence-electron chi connectivity index (χ0n) is 15.4. The van der Waals surface area contributed by atoms with E-state index in [9.17, 15) is 9.59 Å². The topological polar surface area (TPSA) is 70.2 Å². The van der Waals surface area contributed by atoms with E-state index in [0.29, 0.717) is 27.0 Å². The van der Waals surface area contributed by atoms with Crippen molar-refractivity contribution in [2.24, 2.45) is 0 Å². The van der Waals surface area contributed by atoms with Crippen molar-refractivity contribution in [1.82, 2.24) is 5.32 Å². The van der Waals surface area contributed by atoms with E-state index in [1.807, 2.05) is 6.07 Å². The molecular weight excluding hydrogens is 397 g/mol. The molecule has 2 aromatic carbocycles. The lowest BCUT2D eigenvalue weighted by atomic mass is 9.95. The average Bonchev–Trinajstić information content (AvgIpc) is 2.70. The Morgan fingerprint density at radius 3 is 2.46 bits per heavy atom. The van der Waals surface area contributed by atoms with E-state index in [1.54, 1.807) is 36.4 Å². The van der Waals surface area contributed by atoms with E-state index in [-0.39, 0.29) is 24.4 Å². The zero-order valence-corrected chi connectivity index (χ0v) is 16.9. The predicted molar refractivity (Wildman–Crippen MR) is 114 cm³/mol. The third kappa shape index (κ3) is 5.88. The molecule has 7 heteroatoms. The molecule has 0 aliphatic heterocycles. The summed E-state index contributed by atoms with van der Waals surface area (Å²) >= 11 is 11.8. The lowest BCUT2D eigenvalue weighted by molar-refractivity contribution is -0.114. The molecule has 0 bridgehead atoms. The first kappa shape index (κ1) is 20.5. The molecule has 1 saturated carbocycles. The van der Waals surface area contributed by atoms with Crippen molar-refractivity contribution in [2.45, 2.75) is 38.1 Å². The van der Waals surface area contributed by atoms with Gasteiger partial charge in [0.1, 0.15) is 0 Å². The normalized spacial score (nSPS) is 14.4. The smallest absolute Gasteiger partial charge is 0.251 e. The molecule has 2 aromatic rings. The van der Waals surface area contributed by atoms with E-state index in [0.717, 1.165) is 12.8 Å². The Hall–Kier alpha value is -2.24. The number of hydrogen-bond acceptors (Lipinski definition) is 3. The Kier molecular flexibility index (Phi) is 7.18. The molecular formula is C21H23Cl2N3O2. The van der Waals surface area contributed by atoms with Crippen LogP contribution in [-0.4, -0.2) is 24.4 Å². The minimum atomic E-state index is -0.226. The monoisotopic (exact) mass is 419 g/mol. The predicted octanol–water partition coefficient (Wildman–Crippen LogP) is 5.11. The first-order chi connectivity index (χ1) is 13.5. The van der Waals surface area contributed by atoms with Crippen LogP contribution in [0.2, 0.25) is 10.0 Å². The summed E-state index contributed by atoms with van der Waals surface area (Å²) in [6, 6.07) is 12.3. The van der Waals surface area contributed by atoms with Crippen LogP contribution in [0, 0.1) is 0 Å². The largest absolute Gasteiger partial charge is 0.376 e. The van der Waals surface area contributed by atoms with Crippen molar-refractivity contribution in [2.75, 3.05) is 17.2 Å². The molecule has 0 saturated heterocycles. The maximum absolute atomic E-state index is 12.5. The standard InChI is InChI=1S/C21H23Cl2N3O2/c22-18-10-9-17(12-19(18)23)25-20(27)13-24-16-8-4-5-14(11-16)21(28)26-15-6-2-1-3-7-15/h4-5,8-12,15,24H,1-3,6-7,13H2,(H,25,27)(H,26,28). The van der Waals surface area contributed by atoms with Gasteiger partial charge in [0.05, 0.1) is 16.6 Å². The third-order valence-corrected chi connectivity index (χ3v) is 5.46. The summed E-state index contributed by atoms with van der Waals surface area (Å²) in [5, 5.41) is 9.70. The third-order valence-electron chi connectivity index (χ3n) is 4.72. The number of carbonyl (C=O) groups is 2. The summed E-state index contributed by atoms with van der Waals surface area (Å²) in [7, 11) is 0. The van der Waals surface area contributed by atoms with Gasteiger partial charge in [0.15, 0.2) is 0 Å². The van der Waals surface area contributed by atoms with E-state index in [4.69, 9.17) is 23.2 Å². The minimum absolute atomic E-state index is 0.0634. The Labute approximate surface area is 174 Å². The summed E-state index contributed by atoms with van der Waals surface area (Å²) in [4.78, 5) is 24.6. The highest BCUT2D eigenvalue weighted by atomic mass is 35.5.